The Morgan fingerprint density at radius 1 is 0.731 bits per heavy atom. The molecule has 0 aromatic heterocycles. The molecule has 0 bridgehead atoms. The van der Waals surface area contributed by atoms with E-state index in [2.05, 4.69) is 36.9 Å². The molecular formula is C50H86N16O12. The van der Waals surface area contributed by atoms with Crippen LogP contribution in [0.5, 0.6) is 0 Å². The van der Waals surface area contributed by atoms with Gasteiger partial charge in [-0.2, -0.15) is 0 Å². The van der Waals surface area contributed by atoms with Crippen LogP contribution in [-0.4, -0.2) is 186 Å². The SMILES string of the molecule is Cc1cccc(C[C@H](NC(=O)[C@@H]2CCCN2C(=O)[C@@H](CCCN)NC(=O)CNC(=O)[C@@H](NC(=O)[C@@H](NC(=O)[C@@H](N)CCCCN)[C@@H](O)CN)[C@@H](O)CN)C(=O)N[C@@H](CCCCN)C(=O)CC/C(=C\CCN=C(N)N)C(=O)O)c1. The smallest absolute Gasteiger partial charge is 0.331 e. The number of nitrogens with one attached hydrogen (secondary N) is 6. The molecule has 0 spiro atoms. The number of aliphatic hydroxyl groups excluding tert-OH is 2. The number of nitrogens with two attached hydrogens (primary N) is 8. The number of guanidine groups is 1. The average molecular weight is 1100 g/mol. The van der Waals surface area contributed by atoms with E-state index in [-0.39, 0.29) is 89.0 Å². The van der Waals surface area contributed by atoms with E-state index in [9.17, 15) is 58.5 Å². The van der Waals surface area contributed by atoms with Crippen molar-refractivity contribution in [3.8, 4) is 0 Å². The van der Waals surface area contributed by atoms with Crippen molar-refractivity contribution in [3.63, 3.8) is 0 Å². The minimum absolute atomic E-state index is 0.0113. The molecule has 438 valence electrons. The second kappa shape index (κ2) is 36.4. The van der Waals surface area contributed by atoms with Gasteiger partial charge >= 0.3 is 5.97 Å². The van der Waals surface area contributed by atoms with Gasteiger partial charge in [-0.3, -0.25) is 43.3 Å². The molecule has 9 atom stereocenters. The summed E-state index contributed by atoms with van der Waals surface area (Å²) in [4.78, 5) is 127. The standard InChI is InChI=1S/C50H86N16O12/c1-29-10-6-11-30(24-29)25-35(44(72)62-33(14-3-5-20-52)37(67)18-17-31(49(77)78)12-8-22-59-50(57)58)63-45(73)36-16-9-23-66(36)48(76)34(15-7-21-53)61-40(70)28-60-46(74)41(38(68)26-54)65-47(75)42(39(69)27-55)64-43(71)32(56)13-2-4-19-51/h6,10-12,24,32-36,38-39,41-42,68-69H,2-5,7-9,13-23,25-28,51-56H2,1H3,(H,60,74)(H,61,70)(H,62,72)(H,63,73)(H,64,71)(H,65,75)(H,77,78)(H4,57,58,59)/b31-12+/t32-,33-,34+,35-,36-,38-,39-,41-,42-/m0/s1. The van der Waals surface area contributed by atoms with Crippen molar-refractivity contribution in [2.45, 2.75) is 151 Å². The van der Waals surface area contributed by atoms with Crippen molar-refractivity contribution in [2.75, 3.05) is 52.4 Å². The molecule has 28 nitrogen and oxygen atoms in total. The van der Waals surface area contributed by atoms with Crippen molar-refractivity contribution >= 4 is 59.1 Å². The zero-order valence-corrected chi connectivity index (χ0v) is 44.7. The summed E-state index contributed by atoms with van der Waals surface area (Å²) in [7, 11) is 0. The van der Waals surface area contributed by atoms with Crippen LogP contribution in [0.15, 0.2) is 40.9 Å². The van der Waals surface area contributed by atoms with E-state index >= 15 is 0 Å². The fourth-order valence-electron chi connectivity index (χ4n) is 8.49. The summed E-state index contributed by atoms with van der Waals surface area (Å²) in [6.45, 7) is 1.04. The van der Waals surface area contributed by atoms with Gasteiger partial charge in [-0.05, 0) is 103 Å². The highest BCUT2D eigenvalue weighted by atomic mass is 16.4. The van der Waals surface area contributed by atoms with Gasteiger partial charge in [0.15, 0.2) is 11.7 Å². The third kappa shape index (κ3) is 23.9. The first-order chi connectivity index (χ1) is 37.1. The number of aliphatic hydroxyl groups is 2. The normalized spacial score (nSPS) is 16.4. The molecule has 7 amide bonds. The fraction of sp³-hybridized carbons (Fsp3) is 0.640. The number of carbonyl (C=O) groups excluding carboxylic acids is 8. The largest absolute Gasteiger partial charge is 0.478 e. The maximum Gasteiger partial charge on any atom is 0.331 e. The minimum Gasteiger partial charge on any atom is -0.478 e. The Kier molecular flexibility index (Phi) is 31.5. The predicted octanol–water partition coefficient (Wildman–Crippen LogP) is -5.94. The van der Waals surface area contributed by atoms with Crippen molar-refractivity contribution < 1.29 is 58.5 Å². The number of likely N-dealkylation sites (tertiary alicyclic amines) is 1. The highest BCUT2D eigenvalue weighted by Crippen LogP contribution is 2.21. The first kappa shape index (κ1) is 67.4. The van der Waals surface area contributed by atoms with Gasteiger partial charge in [0.2, 0.25) is 41.4 Å². The third-order valence-electron chi connectivity index (χ3n) is 12.8. The predicted molar refractivity (Wildman–Crippen MR) is 290 cm³/mol. The van der Waals surface area contributed by atoms with Crippen LogP contribution in [0.25, 0.3) is 0 Å². The molecule has 28 heteroatoms. The minimum atomic E-state index is -1.82. The number of carbonyl (C=O) groups is 9. The first-order valence-corrected chi connectivity index (χ1v) is 26.4. The van der Waals surface area contributed by atoms with Crippen LogP contribution in [0.4, 0.5) is 0 Å². The maximum atomic E-state index is 14.3. The topological polar surface area (TPSA) is 510 Å². The molecule has 78 heavy (non-hydrogen) atoms. The number of carboxylic acids is 1. The highest BCUT2D eigenvalue weighted by Gasteiger charge is 2.40. The van der Waals surface area contributed by atoms with E-state index in [0.29, 0.717) is 50.8 Å². The Bertz CT molecular complexity index is 2200. The number of carboxylic acid groups (broad SMARTS) is 1. The molecule has 0 aliphatic carbocycles. The molecule has 1 aromatic carbocycles. The van der Waals surface area contributed by atoms with Gasteiger partial charge in [0, 0.05) is 44.6 Å². The van der Waals surface area contributed by atoms with Crippen molar-refractivity contribution in [1.82, 2.24) is 36.8 Å². The van der Waals surface area contributed by atoms with Crippen LogP contribution < -0.4 is 77.8 Å². The van der Waals surface area contributed by atoms with Crippen molar-refractivity contribution in [1.29, 1.82) is 0 Å². The van der Waals surface area contributed by atoms with E-state index < -0.39 is 127 Å². The quantitative estimate of drug-likeness (QED) is 0.0127. The monoisotopic (exact) mass is 1100 g/mol. The molecule has 0 unspecified atom stereocenters. The van der Waals surface area contributed by atoms with Gasteiger partial charge in [-0.15, -0.1) is 0 Å². The summed E-state index contributed by atoms with van der Waals surface area (Å²) in [6.07, 6.45) is 1.12. The lowest BCUT2D eigenvalue weighted by Gasteiger charge is -2.30. The zero-order valence-electron chi connectivity index (χ0n) is 44.7. The molecule has 1 saturated heterocycles. The van der Waals surface area contributed by atoms with Crippen LogP contribution >= 0.6 is 0 Å². The van der Waals surface area contributed by atoms with Crippen LogP contribution in [0.3, 0.4) is 0 Å². The highest BCUT2D eigenvalue weighted by molar-refractivity contribution is 5.98. The van der Waals surface area contributed by atoms with E-state index in [4.69, 9.17) is 45.9 Å². The van der Waals surface area contributed by atoms with Crippen LogP contribution in [0, 0.1) is 6.92 Å². The second-order valence-electron chi connectivity index (χ2n) is 19.1. The molecule has 1 heterocycles. The molecule has 1 aliphatic heterocycles. The number of aryl methyl sites for hydroxylation is 1. The summed E-state index contributed by atoms with van der Waals surface area (Å²) in [5.41, 5.74) is 46.4. The molecule has 0 radical (unpaired) electrons. The Balaban J connectivity index is 2.31. The zero-order chi connectivity index (χ0) is 58.3. The van der Waals surface area contributed by atoms with E-state index in [0.717, 1.165) is 5.56 Å². The van der Waals surface area contributed by atoms with Crippen LogP contribution in [0.1, 0.15) is 94.6 Å². The number of ketones is 1. The van der Waals surface area contributed by atoms with E-state index in [1.807, 2.05) is 19.1 Å². The van der Waals surface area contributed by atoms with Gasteiger partial charge in [0.1, 0.15) is 30.2 Å². The number of benzene rings is 1. The number of hydrogen-bond acceptors (Lipinski definition) is 18. The van der Waals surface area contributed by atoms with Gasteiger partial charge in [0.25, 0.3) is 0 Å². The fourth-order valence-corrected chi connectivity index (χ4v) is 8.49. The maximum absolute atomic E-state index is 14.3. The lowest BCUT2D eigenvalue weighted by atomic mass is 9.97. The average Bonchev–Trinajstić information content (AvgIpc) is 3.91. The lowest BCUT2D eigenvalue weighted by molar-refractivity contribution is -0.142. The molecule has 1 aromatic rings. The van der Waals surface area contributed by atoms with E-state index in [1.54, 1.807) is 12.1 Å². The molecule has 1 fully saturated rings. The van der Waals surface area contributed by atoms with Gasteiger partial charge in [0.05, 0.1) is 30.8 Å². The van der Waals surface area contributed by atoms with Crippen molar-refractivity contribution in [2.24, 2.45) is 50.9 Å². The molecule has 2 rings (SSSR count). The molecule has 1 aliphatic rings. The number of Topliss-reactive ketones (excluding diaryl/α,β-unsaturated/α-hetero) is 1. The Morgan fingerprint density at radius 3 is 1.95 bits per heavy atom. The number of rotatable bonds is 38. The third-order valence-corrected chi connectivity index (χ3v) is 12.8. The number of nitrogens with zero attached hydrogens (tertiary/aromatic N) is 2. The summed E-state index contributed by atoms with van der Waals surface area (Å²) in [5, 5.41) is 46.0. The number of unbranched alkanes of at least 4 members (excludes halogenated alkanes) is 2. The Hall–Kier alpha value is -6.66. The first-order valence-electron chi connectivity index (χ1n) is 26.4. The van der Waals surface area contributed by atoms with Crippen LogP contribution in [0.2, 0.25) is 0 Å². The Labute approximate surface area is 454 Å². The molecule has 25 N–H and O–H groups in total. The number of hydrogen-bond donors (Lipinski definition) is 17. The van der Waals surface area contributed by atoms with E-state index in [1.165, 1.54) is 11.0 Å². The van der Waals surface area contributed by atoms with Gasteiger partial charge < -0.3 is 98.0 Å². The van der Waals surface area contributed by atoms with Gasteiger partial charge in [-0.1, -0.05) is 42.3 Å². The molecular weight excluding hydrogens is 1020 g/mol. The number of aliphatic imine (C=N–C) groups is 1. The van der Waals surface area contributed by atoms with Crippen LogP contribution in [-0.2, 0) is 49.6 Å². The van der Waals surface area contributed by atoms with Gasteiger partial charge in [-0.25, -0.2) is 4.79 Å². The molecule has 0 saturated carbocycles. The number of amides is 7. The summed E-state index contributed by atoms with van der Waals surface area (Å²) < 4.78 is 0. The lowest BCUT2D eigenvalue weighted by Crippen LogP contribution is -2.63. The van der Waals surface area contributed by atoms with Crippen molar-refractivity contribution in [3.05, 3.63) is 47.0 Å². The summed E-state index contributed by atoms with van der Waals surface area (Å²) >= 11 is 0. The summed E-state index contributed by atoms with van der Waals surface area (Å²) in [6, 6.07) is -2.09. The number of aliphatic carboxylic acids is 1. The summed E-state index contributed by atoms with van der Waals surface area (Å²) in [5.74, 6) is -7.81. The Morgan fingerprint density at radius 2 is 1.35 bits per heavy atom. The second-order valence-corrected chi connectivity index (χ2v) is 19.1.